The maximum atomic E-state index is 13.9. The zero-order chi connectivity index (χ0) is 22.2. The number of nitrogens with one attached hydrogen (secondary N) is 3. The number of aromatic nitrogens is 5. The normalized spacial score (nSPS) is 11.5. The third kappa shape index (κ3) is 4.38. The van der Waals surface area contributed by atoms with Crippen LogP contribution in [-0.4, -0.2) is 46.9 Å². The molecule has 10 nitrogen and oxygen atoms in total. The summed E-state index contributed by atoms with van der Waals surface area (Å²) < 4.78 is 42.9. The number of benzene rings is 1. The molecule has 0 saturated carbocycles. The molecule has 3 N–H and O–H groups in total. The molecule has 0 saturated heterocycles. The van der Waals surface area contributed by atoms with Gasteiger partial charge in [-0.1, -0.05) is 0 Å². The number of rotatable bonds is 6. The Morgan fingerprint density at radius 2 is 1.94 bits per heavy atom. The van der Waals surface area contributed by atoms with E-state index < -0.39 is 15.7 Å². The van der Waals surface area contributed by atoms with Crippen molar-refractivity contribution in [3.05, 3.63) is 48.0 Å². The van der Waals surface area contributed by atoms with Gasteiger partial charge in [-0.25, -0.2) is 22.8 Å². The van der Waals surface area contributed by atoms with Crippen molar-refractivity contribution >= 4 is 44.1 Å². The second-order valence-corrected chi connectivity index (χ2v) is 8.72. The van der Waals surface area contributed by atoms with Gasteiger partial charge >= 0.3 is 0 Å². The minimum absolute atomic E-state index is 0.0939. The van der Waals surface area contributed by atoms with Gasteiger partial charge in [-0.15, -0.1) is 0 Å². The molecule has 0 aliphatic rings. The summed E-state index contributed by atoms with van der Waals surface area (Å²) in [4.78, 5) is 12.7. The average Bonchev–Trinajstić information content (AvgIpc) is 3.09. The molecular formula is C19H18FN7O3S. The van der Waals surface area contributed by atoms with E-state index in [4.69, 9.17) is 4.74 Å². The molecule has 0 spiro atoms. The van der Waals surface area contributed by atoms with E-state index in [2.05, 4.69) is 35.8 Å². The first-order chi connectivity index (χ1) is 14.7. The van der Waals surface area contributed by atoms with Gasteiger partial charge in [0.1, 0.15) is 17.4 Å². The summed E-state index contributed by atoms with van der Waals surface area (Å²) in [5.41, 5.74) is 1.14. The second kappa shape index (κ2) is 7.80. The van der Waals surface area contributed by atoms with Crippen molar-refractivity contribution in [2.75, 3.05) is 24.0 Å². The van der Waals surface area contributed by atoms with Crippen LogP contribution in [0.3, 0.4) is 0 Å². The molecule has 0 aliphatic heterocycles. The molecule has 3 heterocycles. The summed E-state index contributed by atoms with van der Waals surface area (Å²) in [5.74, 6) is 0.872. The minimum atomic E-state index is -3.44. The Hall–Kier alpha value is -3.80. The third-order valence-electron chi connectivity index (χ3n) is 4.38. The van der Waals surface area contributed by atoms with Crippen LogP contribution in [-0.2, 0) is 9.84 Å². The summed E-state index contributed by atoms with van der Waals surface area (Å²) in [6.45, 7) is 1.57. The zero-order valence-electron chi connectivity index (χ0n) is 16.8. The van der Waals surface area contributed by atoms with E-state index in [-0.39, 0.29) is 16.5 Å². The molecular weight excluding hydrogens is 425 g/mol. The van der Waals surface area contributed by atoms with Gasteiger partial charge in [-0.3, -0.25) is 5.10 Å². The fourth-order valence-electron chi connectivity index (χ4n) is 2.83. The first kappa shape index (κ1) is 20.5. The molecule has 12 heteroatoms. The van der Waals surface area contributed by atoms with E-state index >= 15 is 0 Å². The SMILES string of the molecule is COc1cc(Nc2nccc(Nc3n[nH]c4nc(C)c(F)cc34)n2)cc(S(C)(=O)=O)c1. The molecule has 4 rings (SSSR count). The van der Waals surface area contributed by atoms with Gasteiger partial charge < -0.3 is 15.4 Å². The van der Waals surface area contributed by atoms with E-state index in [1.54, 1.807) is 19.1 Å². The van der Waals surface area contributed by atoms with Crippen LogP contribution in [0.25, 0.3) is 11.0 Å². The van der Waals surface area contributed by atoms with Crippen LogP contribution in [0.1, 0.15) is 5.69 Å². The van der Waals surface area contributed by atoms with Crippen molar-refractivity contribution < 1.29 is 17.5 Å². The first-order valence-corrected chi connectivity index (χ1v) is 10.9. The highest BCUT2D eigenvalue weighted by atomic mass is 32.2. The summed E-state index contributed by atoms with van der Waals surface area (Å²) in [6.07, 6.45) is 2.62. The lowest BCUT2D eigenvalue weighted by Crippen LogP contribution is -2.03. The number of pyridine rings is 1. The Bertz CT molecular complexity index is 1390. The lowest BCUT2D eigenvalue weighted by Gasteiger charge is -2.10. The molecule has 0 radical (unpaired) electrons. The van der Waals surface area contributed by atoms with Gasteiger partial charge in [0, 0.05) is 24.2 Å². The number of ether oxygens (including phenoxy) is 1. The fraction of sp³-hybridized carbons (Fsp3) is 0.158. The van der Waals surface area contributed by atoms with Crippen LogP contribution < -0.4 is 15.4 Å². The minimum Gasteiger partial charge on any atom is -0.497 e. The number of aryl methyl sites for hydroxylation is 1. The van der Waals surface area contributed by atoms with Crippen molar-refractivity contribution in [3.63, 3.8) is 0 Å². The van der Waals surface area contributed by atoms with Gasteiger partial charge in [-0.2, -0.15) is 10.1 Å². The highest BCUT2D eigenvalue weighted by molar-refractivity contribution is 7.90. The highest BCUT2D eigenvalue weighted by Crippen LogP contribution is 2.27. The molecule has 0 atom stereocenters. The Morgan fingerprint density at radius 1 is 1.13 bits per heavy atom. The second-order valence-electron chi connectivity index (χ2n) is 6.71. The van der Waals surface area contributed by atoms with Crippen molar-refractivity contribution in [2.45, 2.75) is 11.8 Å². The Balaban J connectivity index is 1.62. The average molecular weight is 443 g/mol. The van der Waals surface area contributed by atoms with Crippen molar-refractivity contribution in [1.29, 1.82) is 0 Å². The number of methoxy groups -OCH3 is 1. The van der Waals surface area contributed by atoms with E-state index in [0.717, 1.165) is 6.26 Å². The highest BCUT2D eigenvalue weighted by Gasteiger charge is 2.13. The number of fused-ring (bicyclic) bond motifs is 1. The topological polar surface area (TPSA) is 135 Å². The third-order valence-corrected chi connectivity index (χ3v) is 5.47. The predicted molar refractivity (Wildman–Crippen MR) is 113 cm³/mol. The molecule has 0 fully saturated rings. The summed E-state index contributed by atoms with van der Waals surface area (Å²) >= 11 is 0. The number of H-pyrrole nitrogens is 1. The van der Waals surface area contributed by atoms with E-state index in [0.29, 0.717) is 34.1 Å². The van der Waals surface area contributed by atoms with Gasteiger partial charge in [0.05, 0.1) is 23.1 Å². The number of aromatic amines is 1. The van der Waals surface area contributed by atoms with Crippen molar-refractivity contribution in [3.8, 4) is 5.75 Å². The van der Waals surface area contributed by atoms with Gasteiger partial charge in [-0.05, 0) is 31.2 Å². The molecule has 1 aromatic carbocycles. The van der Waals surface area contributed by atoms with Crippen LogP contribution in [0, 0.1) is 12.7 Å². The number of hydrogen-bond acceptors (Lipinski definition) is 9. The number of nitrogens with zero attached hydrogens (tertiary/aromatic N) is 4. The van der Waals surface area contributed by atoms with Crippen molar-refractivity contribution in [1.82, 2.24) is 25.1 Å². The number of anilines is 4. The molecule has 160 valence electrons. The van der Waals surface area contributed by atoms with Gasteiger partial charge in [0.25, 0.3) is 0 Å². The maximum absolute atomic E-state index is 13.9. The molecule has 3 aromatic heterocycles. The van der Waals surface area contributed by atoms with E-state index in [1.807, 2.05) is 0 Å². The molecule has 0 unspecified atom stereocenters. The number of halogens is 1. The monoisotopic (exact) mass is 443 g/mol. The predicted octanol–water partition coefficient (Wildman–Crippen LogP) is 3.09. The van der Waals surface area contributed by atoms with Crippen LogP contribution >= 0.6 is 0 Å². The van der Waals surface area contributed by atoms with Crippen LogP contribution in [0.15, 0.2) is 41.4 Å². The largest absolute Gasteiger partial charge is 0.497 e. The number of hydrogen-bond donors (Lipinski definition) is 3. The van der Waals surface area contributed by atoms with Crippen LogP contribution in [0.5, 0.6) is 5.75 Å². The molecule has 0 aliphatic carbocycles. The Morgan fingerprint density at radius 3 is 2.68 bits per heavy atom. The van der Waals surface area contributed by atoms with E-state index in [9.17, 15) is 12.8 Å². The molecule has 4 aromatic rings. The standard InChI is InChI=1S/C19H18FN7O3S/c1-10-15(20)9-14-17(22-10)26-27-18(14)24-16-4-5-21-19(25-16)23-11-6-12(30-2)8-13(7-11)31(3,28)29/h4-9H,1-3H3,(H3,21,22,23,24,25,26,27). The van der Waals surface area contributed by atoms with Gasteiger partial charge in [0.15, 0.2) is 21.3 Å². The Kier molecular flexibility index (Phi) is 5.15. The van der Waals surface area contributed by atoms with Gasteiger partial charge in [0.2, 0.25) is 5.95 Å². The summed E-state index contributed by atoms with van der Waals surface area (Å²) in [6, 6.07) is 7.45. The molecule has 31 heavy (non-hydrogen) atoms. The first-order valence-electron chi connectivity index (χ1n) is 9.00. The maximum Gasteiger partial charge on any atom is 0.229 e. The zero-order valence-corrected chi connectivity index (χ0v) is 17.6. The summed E-state index contributed by atoms with van der Waals surface area (Å²) in [5, 5.41) is 13.3. The lowest BCUT2D eigenvalue weighted by molar-refractivity contribution is 0.413. The molecule has 0 amide bonds. The van der Waals surface area contributed by atoms with Crippen LogP contribution in [0.2, 0.25) is 0 Å². The Labute approximate surface area is 176 Å². The quantitative estimate of drug-likeness (QED) is 0.411. The van der Waals surface area contributed by atoms with Crippen LogP contribution in [0.4, 0.5) is 27.7 Å². The fourth-order valence-corrected chi connectivity index (χ4v) is 3.50. The smallest absolute Gasteiger partial charge is 0.229 e. The lowest BCUT2D eigenvalue weighted by atomic mass is 10.3. The van der Waals surface area contributed by atoms with Crippen molar-refractivity contribution in [2.24, 2.45) is 0 Å². The van der Waals surface area contributed by atoms with E-state index in [1.165, 1.54) is 31.5 Å². The number of sulfone groups is 1. The summed E-state index contributed by atoms with van der Waals surface area (Å²) in [7, 11) is -2.00. The molecule has 0 bridgehead atoms.